The van der Waals surface area contributed by atoms with Crippen LogP contribution in [0.1, 0.15) is 11.6 Å². The van der Waals surface area contributed by atoms with E-state index in [0.717, 1.165) is 22.1 Å². The molecule has 0 aliphatic carbocycles. The number of alkyl halides is 2. The summed E-state index contributed by atoms with van der Waals surface area (Å²) in [6.45, 7) is 0. The highest BCUT2D eigenvalue weighted by molar-refractivity contribution is 6.49. The largest absolute Gasteiger partial charge is 0.339 e. The maximum Gasteiger partial charge on any atom is 0.231 e. The molecule has 2 aromatic heterocycles. The Morgan fingerprint density at radius 1 is 0.714 bits per heavy atom. The molecule has 0 atom stereocenters. The monoisotopic (exact) mass is 316 g/mol. The van der Waals surface area contributed by atoms with E-state index in [9.17, 15) is 0 Å². The first kappa shape index (κ1) is 12.7. The van der Waals surface area contributed by atoms with E-state index < -0.39 is 4.33 Å². The molecule has 0 radical (unpaired) electrons. The lowest BCUT2D eigenvalue weighted by Gasteiger charge is -2.13. The molecule has 4 aromatic rings. The molecular formula is C15H10Cl2N4. The number of nitrogens with one attached hydrogen (secondary N) is 2. The third-order valence-electron chi connectivity index (χ3n) is 3.37. The predicted molar refractivity (Wildman–Crippen MR) is 84.7 cm³/mol. The molecule has 0 amide bonds. The number of fused-ring (bicyclic) bond motifs is 2. The Balaban J connectivity index is 1.87. The topological polar surface area (TPSA) is 57.4 Å². The average molecular weight is 317 g/mol. The van der Waals surface area contributed by atoms with Crippen LogP contribution in [-0.4, -0.2) is 19.9 Å². The Labute approximate surface area is 130 Å². The number of rotatable bonds is 2. The van der Waals surface area contributed by atoms with Crippen LogP contribution in [0.3, 0.4) is 0 Å². The summed E-state index contributed by atoms with van der Waals surface area (Å²) < 4.78 is -1.36. The van der Waals surface area contributed by atoms with Gasteiger partial charge in [-0.25, -0.2) is 9.97 Å². The van der Waals surface area contributed by atoms with Gasteiger partial charge in [0.25, 0.3) is 0 Å². The van der Waals surface area contributed by atoms with Crippen molar-refractivity contribution in [2.75, 3.05) is 0 Å². The number of aromatic amines is 2. The lowest BCUT2D eigenvalue weighted by atomic mass is 10.3. The van der Waals surface area contributed by atoms with Crippen molar-refractivity contribution < 1.29 is 0 Å². The standard InChI is InChI=1S/C15H10Cl2N4/c16-15(17,13-18-9-5-1-2-6-10(9)19-13)14-20-11-7-3-4-8-12(11)21-14/h1-8H,(H,18,19)(H,20,21). The van der Waals surface area contributed by atoms with Crippen LogP contribution < -0.4 is 0 Å². The summed E-state index contributed by atoms with van der Waals surface area (Å²) in [6.07, 6.45) is 0. The predicted octanol–water partition coefficient (Wildman–Crippen LogP) is 4.12. The minimum Gasteiger partial charge on any atom is -0.339 e. The van der Waals surface area contributed by atoms with Crippen LogP contribution in [0, 0.1) is 0 Å². The second-order valence-electron chi connectivity index (χ2n) is 4.78. The lowest BCUT2D eigenvalue weighted by Crippen LogP contribution is -2.16. The highest BCUT2D eigenvalue weighted by Crippen LogP contribution is 2.39. The van der Waals surface area contributed by atoms with Gasteiger partial charge in [-0.2, -0.15) is 0 Å². The third-order valence-corrected chi connectivity index (χ3v) is 4.09. The molecule has 4 rings (SSSR count). The molecule has 0 unspecified atom stereocenters. The molecule has 21 heavy (non-hydrogen) atoms. The number of nitrogens with zero attached hydrogens (tertiary/aromatic N) is 2. The van der Waals surface area contributed by atoms with E-state index in [1.165, 1.54) is 0 Å². The first-order chi connectivity index (χ1) is 10.1. The van der Waals surface area contributed by atoms with E-state index in [4.69, 9.17) is 23.2 Å². The van der Waals surface area contributed by atoms with Gasteiger partial charge in [-0.3, -0.25) is 0 Å². The molecule has 2 aromatic carbocycles. The van der Waals surface area contributed by atoms with E-state index in [-0.39, 0.29) is 0 Å². The van der Waals surface area contributed by atoms with Gasteiger partial charge < -0.3 is 9.97 Å². The average Bonchev–Trinajstić information content (AvgIpc) is 3.11. The molecule has 2 heterocycles. The van der Waals surface area contributed by atoms with Crippen molar-refractivity contribution in [1.82, 2.24) is 19.9 Å². The number of halogens is 2. The van der Waals surface area contributed by atoms with Gasteiger partial charge >= 0.3 is 0 Å². The molecule has 0 aliphatic heterocycles. The molecule has 6 heteroatoms. The molecule has 0 aliphatic rings. The van der Waals surface area contributed by atoms with Gasteiger partial charge in [-0.15, -0.1) is 0 Å². The van der Waals surface area contributed by atoms with Crippen molar-refractivity contribution >= 4 is 45.3 Å². The Hall–Kier alpha value is -2.04. The smallest absolute Gasteiger partial charge is 0.231 e. The minimum absolute atomic E-state index is 0.450. The van der Waals surface area contributed by atoms with Crippen LogP contribution >= 0.6 is 23.2 Å². The second-order valence-corrected chi connectivity index (χ2v) is 6.11. The number of benzene rings is 2. The zero-order chi connectivity index (χ0) is 14.4. The second kappa shape index (κ2) is 4.48. The summed E-state index contributed by atoms with van der Waals surface area (Å²) in [6, 6.07) is 15.3. The summed E-state index contributed by atoms with van der Waals surface area (Å²) in [5.41, 5.74) is 3.40. The van der Waals surface area contributed by atoms with E-state index in [2.05, 4.69) is 19.9 Å². The van der Waals surface area contributed by atoms with Crippen LogP contribution in [0.2, 0.25) is 0 Å². The number of hydrogen-bond donors (Lipinski definition) is 2. The van der Waals surface area contributed by atoms with Crippen LogP contribution in [0.5, 0.6) is 0 Å². The van der Waals surface area contributed by atoms with Crippen molar-refractivity contribution in [2.45, 2.75) is 4.33 Å². The third kappa shape index (κ3) is 1.99. The van der Waals surface area contributed by atoms with E-state index in [0.29, 0.717) is 11.6 Å². The van der Waals surface area contributed by atoms with Crippen LogP contribution in [0.4, 0.5) is 0 Å². The molecule has 0 saturated heterocycles. The fraction of sp³-hybridized carbons (Fsp3) is 0.0667. The summed E-state index contributed by atoms with van der Waals surface area (Å²) in [7, 11) is 0. The van der Waals surface area contributed by atoms with Crippen LogP contribution in [0.15, 0.2) is 48.5 Å². The van der Waals surface area contributed by atoms with Crippen molar-refractivity contribution in [3.63, 3.8) is 0 Å². The minimum atomic E-state index is -1.36. The molecule has 0 saturated carbocycles. The van der Waals surface area contributed by atoms with Crippen molar-refractivity contribution in [2.24, 2.45) is 0 Å². The summed E-state index contributed by atoms with van der Waals surface area (Å²) >= 11 is 13.0. The van der Waals surface area contributed by atoms with Crippen LogP contribution in [0.25, 0.3) is 22.1 Å². The fourth-order valence-electron chi connectivity index (χ4n) is 2.32. The molecule has 104 valence electrons. The Bertz CT molecular complexity index is 797. The molecular weight excluding hydrogens is 307 g/mol. The van der Waals surface area contributed by atoms with Crippen LogP contribution in [-0.2, 0) is 4.33 Å². The summed E-state index contributed by atoms with van der Waals surface area (Å²) in [5.74, 6) is 0.900. The zero-order valence-electron chi connectivity index (χ0n) is 10.8. The zero-order valence-corrected chi connectivity index (χ0v) is 12.3. The molecule has 0 bridgehead atoms. The first-order valence-corrected chi connectivity index (χ1v) is 7.18. The molecule has 0 spiro atoms. The van der Waals surface area contributed by atoms with Gasteiger partial charge in [0.2, 0.25) is 4.33 Å². The van der Waals surface area contributed by atoms with Gasteiger partial charge in [0.15, 0.2) is 11.6 Å². The van der Waals surface area contributed by atoms with E-state index >= 15 is 0 Å². The van der Waals surface area contributed by atoms with E-state index in [1.807, 2.05) is 48.5 Å². The number of para-hydroxylation sites is 4. The number of aromatic nitrogens is 4. The highest BCUT2D eigenvalue weighted by atomic mass is 35.5. The molecule has 2 N–H and O–H groups in total. The normalized spacial score (nSPS) is 12.3. The lowest BCUT2D eigenvalue weighted by molar-refractivity contribution is 0.860. The maximum atomic E-state index is 6.51. The number of imidazole rings is 2. The maximum absolute atomic E-state index is 6.51. The van der Waals surface area contributed by atoms with Crippen molar-refractivity contribution in [1.29, 1.82) is 0 Å². The number of H-pyrrole nitrogens is 2. The van der Waals surface area contributed by atoms with Gasteiger partial charge in [-0.1, -0.05) is 47.5 Å². The highest BCUT2D eigenvalue weighted by Gasteiger charge is 2.36. The van der Waals surface area contributed by atoms with Gasteiger partial charge in [0, 0.05) is 0 Å². The fourth-order valence-corrected chi connectivity index (χ4v) is 2.67. The summed E-state index contributed by atoms with van der Waals surface area (Å²) in [5, 5.41) is 0. The first-order valence-electron chi connectivity index (χ1n) is 6.43. The van der Waals surface area contributed by atoms with Crippen molar-refractivity contribution in [3.05, 3.63) is 60.2 Å². The Morgan fingerprint density at radius 2 is 1.14 bits per heavy atom. The van der Waals surface area contributed by atoms with E-state index in [1.54, 1.807) is 0 Å². The molecule has 0 fully saturated rings. The van der Waals surface area contributed by atoms with Crippen molar-refractivity contribution in [3.8, 4) is 0 Å². The Morgan fingerprint density at radius 3 is 1.57 bits per heavy atom. The summed E-state index contributed by atoms with van der Waals surface area (Å²) in [4.78, 5) is 15.2. The van der Waals surface area contributed by atoms with Gasteiger partial charge in [0.1, 0.15) is 0 Å². The van der Waals surface area contributed by atoms with Gasteiger partial charge in [0.05, 0.1) is 22.1 Å². The molecule has 4 nitrogen and oxygen atoms in total. The quantitative estimate of drug-likeness (QED) is 0.546. The SMILES string of the molecule is ClC(Cl)(c1nc2ccccc2[nH]1)c1nc2ccccc2[nH]1. The Kier molecular flexibility index (Phi) is 2.71. The number of hydrogen-bond acceptors (Lipinski definition) is 2. The van der Waals surface area contributed by atoms with Gasteiger partial charge in [-0.05, 0) is 24.3 Å².